The molecule has 1 aromatic heterocycles. The molecule has 124 valence electrons. The van der Waals surface area contributed by atoms with Crippen molar-refractivity contribution in [3.05, 3.63) is 11.9 Å². The molecule has 0 aliphatic heterocycles. The quantitative estimate of drug-likeness (QED) is 0.412. The summed E-state index contributed by atoms with van der Waals surface area (Å²) in [5, 5.41) is 27.7. The molecule has 0 amide bonds. The molecule has 0 saturated heterocycles. The molecule has 0 spiro atoms. The smallest absolute Gasteiger partial charge is 0.333 e. The minimum Gasteiger partial charge on any atom is -0.390 e. The molecule has 10 nitrogen and oxygen atoms in total. The van der Waals surface area contributed by atoms with Crippen LogP contribution in [-0.4, -0.2) is 53.5 Å². The summed E-state index contributed by atoms with van der Waals surface area (Å²) in [5.74, 6) is 0.571. The molecule has 1 aliphatic carbocycles. The second-order valence-corrected chi connectivity index (χ2v) is 6.45. The SMILES string of the molecule is Cc1nc(N)cc(N[C@@H]2C[C@H](COS(N)(=O)=O)[C@@H](O)[C@H]2O)n1. The van der Waals surface area contributed by atoms with Gasteiger partial charge in [-0.15, -0.1) is 0 Å². The Hall–Kier alpha value is -1.53. The first kappa shape index (κ1) is 16.8. The summed E-state index contributed by atoms with van der Waals surface area (Å²) in [6.07, 6.45) is -1.97. The molecule has 4 atom stereocenters. The van der Waals surface area contributed by atoms with Gasteiger partial charge in [0.2, 0.25) is 0 Å². The maximum atomic E-state index is 10.8. The van der Waals surface area contributed by atoms with Gasteiger partial charge in [0.05, 0.1) is 18.8 Å². The van der Waals surface area contributed by atoms with Crippen LogP contribution in [0.1, 0.15) is 12.2 Å². The van der Waals surface area contributed by atoms with Crippen LogP contribution in [0.25, 0.3) is 0 Å². The fourth-order valence-electron chi connectivity index (χ4n) is 2.47. The van der Waals surface area contributed by atoms with E-state index in [1.54, 1.807) is 6.92 Å². The molecule has 22 heavy (non-hydrogen) atoms. The maximum absolute atomic E-state index is 10.8. The van der Waals surface area contributed by atoms with Crippen molar-refractivity contribution in [3.63, 3.8) is 0 Å². The van der Waals surface area contributed by atoms with Crippen molar-refractivity contribution in [2.75, 3.05) is 17.7 Å². The molecule has 0 aromatic carbocycles. The first-order chi connectivity index (χ1) is 10.2. The van der Waals surface area contributed by atoms with Gasteiger partial charge in [-0.1, -0.05) is 0 Å². The van der Waals surface area contributed by atoms with E-state index in [-0.39, 0.29) is 18.8 Å². The topological polar surface area (TPSA) is 174 Å². The van der Waals surface area contributed by atoms with Crippen LogP contribution in [0.15, 0.2) is 6.07 Å². The van der Waals surface area contributed by atoms with Crippen molar-refractivity contribution < 1.29 is 22.8 Å². The van der Waals surface area contributed by atoms with Crippen LogP contribution >= 0.6 is 0 Å². The van der Waals surface area contributed by atoms with E-state index in [1.165, 1.54) is 6.07 Å². The average Bonchev–Trinajstić information content (AvgIpc) is 2.62. The molecule has 11 heteroatoms. The largest absolute Gasteiger partial charge is 0.390 e. The van der Waals surface area contributed by atoms with Crippen molar-refractivity contribution in [3.8, 4) is 0 Å². The average molecular weight is 333 g/mol. The lowest BCUT2D eigenvalue weighted by atomic mass is 10.1. The van der Waals surface area contributed by atoms with Crippen LogP contribution in [0.4, 0.5) is 11.6 Å². The zero-order chi connectivity index (χ0) is 16.5. The maximum Gasteiger partial charge on any atom is 0.333 e. The van der Waals surface area contributed by atoms with Gasteiger partial charge < -0.3 is 21.3 Å². The number of anilines is 2. The number of hydrogen-bond acceptors (Lipinski definition) is 9. The number of aromatic nitrogens is 2. The normalized spacial score (nSPS) is 28.7. The Labute approximate surface area is 127 Å². The van der Waals surface area contributed by atoms with Crippen LogP contribution in [-0.2, 0) is 14.5 Å². The number of aliphatic hydroxyl groups is 2. The Morgan fingerprint density at radius 1 is 1.41 bits per heavy atom. The fraction of sp³-hybridized carbons (Fsp3) is 0.636. The lowest BCUT2D eigenvalue weighted by Gasteiger charge is -2.18. The van der Waals surface area contributed by atoms with Gasteiger partial charge in [0.15, 0.2) is 0 Å². The predicted octanol–water partition coefficient (Wildman–Crippen LogP) is -1.89. The lowest BCUT2D eigenvalue weighted by molar-refractivity contribution is 0.00778. The minimum atomic E-state index is -4.09. The molecule has 1 heterocycles. The monoisotopic (exact) mass is 333 g/mol. The zero-order valence-corrected chi connectivity index (χ0v) is 12.7. The highest BCUT2D eigenvalue weighted by atomic mass is 32.2. The van der Waals surface area contributed by atoms with Gasteiger partial charge >= 0.3 is 10.3 Å². The number of nitrogens with two attached hydrogens (primary N) is 2. The Morgan fingerprint density at radius 3 is 2.68 bits per heavy atom. The molecule has 1 fully saturated rings. The second-order valence-electron chi connectivity index (χ2n) is 5.23. The standard InChI is InChI=1S/C11H19N5O5S/c1-5-14-8(12)3-9(15-5)16-7-2-6(10(17)11(7)18)4-21-22(13,19)20/h3,6-7,10-11,17-18H,2,4H2,1H3,(H2,13,19,20)(H3,12,14,15,16)/t6-,7-,10-,11+/m1/s1. The van der Waals surface area contributed by atoms with Gasteiger partial charge in [0, 0.05) is 12.0 Å². The Balaban J connectivity index is 2.03. The molecular formula is C11H19N5O5S. The van der Waals surface area contributed by atoms with Gasteiger partial charge in [-0.05, 0) is 13.3 Å². The zero-order valence-electron chi connectivity index (χ0n) is 11.9. The number of aryl methyl sites for hydroxylation is 1. The predicted molar refractivity (Wildman–Crippen MR) is 77.8 cm³/mol. The summed E-state index contributed by atoms with van der Waals surface area (Å²) in [6, 6.07) is 0.970. The first-order valence-electron chi connectivity index (χ1n) is 6.56. The molecule has 1 saturated carbocycles. The van der Waals surface area contributed by atoms with Crippen molar-refractivity contribution in [2.45, 2.75) is 31.6 Å². The molecule has 0 radical (unpaired) electrons. The fourth-order valence-corrected chi connectivity index (χ4v) is 2.83. The number of nitrogens with one attached hydrogen (secondary N) is 1. The first-order valence-corrected chi connectivity index (χ1v) is 8.04. The van der Waals surface area contributed by atoms with Crippen LogP contribution in [0, 0.1) is 12.8 Å². The van der Waals surface area contributed by atoms with Crippen molar-refractivity contribution in [2.24, 2.45) is 11.1 Å². The molecule has 1 aliphatic rings. The van der Waals surface area contributed by atoms with E-state index in [0.717, 1.165) is 0 Å². The van der Waals surface area contributed by atoms with Gasteiger partial charge in [-0.3, -0.25) is 4.18 Å². The van der Waals surface area contributed by atoms with Crippen LogP contribution < -0.4 is 16.2 Å². The summed E-state index contributed by atoms with van der Waals surface area (Å²) in [4.78, 5) is 8.05. The molecule has 0 unspecified atom stereocenters. The number of nitrogens with zero attached hydrogens (tertiary/aromatic N) is 2. The highest BCUT2D eigenvalue weighted by molar-refractivity contribution is 7.84. The van der Waals surface area contributed by atoms with Gasteiger partial charge in [0.1, 0.15) is 23.6 Å². The number of rotatable bonds is 5. The lowest BCUT2D eigenvalue weighted by Crippen LogP contribution is -2.36. The highest BCUT2D eigenvalue weighted by Gasteiger charge is 2.42. The summed E-state index contributed by atoms with van der Waals surface area (Å²) < 4.78 is 26.1. The summed E-state index contributed by atoms with van der Waals surface area (Å²) in [6.45, 7) is 1.37. The summed E-state index contributed by atoms with van der Waals surface area (Å²) in [7, 11) is -4.09. The van der Waals surface area contributed by atoms with Crippen LogP contribution in [0.3, 0.4) is 0 Å². The van der Waals surface area contributed by atoms with Gasteiger partial charge in [-0.25, -0.2) is 15.1 Å². The van der Waals surface area contributed by atoms with Crippen molar-refractivity contribution in [1.82, 2.24) is 9.97 Å². The molecule has 7 N–H and O–H groups in total. The van der Waals surface area contributed by atoms with Gasteiger partial charge in [-0.2, -0.15) is 8.42 Å². The number of aliphatic hydroxyl groups excluding tert-OH is 2. The van der Waals surface area contributed by atoms with E-state index in [2.05, 4.69) is 19.5 Å². The third-order valence-electron chi connectivity index (χ3n) is 3.44. The van der Waals surface area contributed by atoms with E-state index in [0.29, 0.717) is 11.6 Å². The number of nitrogen functional groups attached to an aromatic ring is 1. The van der Waals surface area contributed by atoms with Crippen molar-refractivity contribution in [1.29, 1.82) is 0 Å². The van der Waals surface area contributed by atoms with Crippen LogP contribution in [0.2, 0.25) is 0 Å². The third kappa shape index (κ3) is 4.24. The van der Waals surface area contributed by atoms with E-state index in [1.807, 2.05) is 0 Å². The Morgan fingerprint density at radius 2 is 2.09 bits per heavy atom. The molecule has 0 bridgehead atoms. The van der Waals surface area contributed by atoms with E-state index in [4.69, 9.17) is 10.9 Å². The molecule has 2 rings (SSSR count). The second kappa shape index (κ2) is 6.30. The van der Waals surface area contributed by atoms with E-state index < -0.39 is 34.5 Å². The Bertz CT molecular complexity index is 620. The highest BCUT2D eigenvalue weighted by Crippen LogP contribution is 2.29. The minimum absolute atomic E-state index is 0.275. The van der Waals surface area contributed by atoms with E-state index >= 15 is 0 Å². The van der Waals surface area contributed by atoms with E-state index in [9.17, 15) is 18.6 Å². The molecule has 1 aromatic rings. The summed E-state index contributed by atoms with van der Waals surface area (Å²) >= 11 is 0. The van der Waals surface area contributed by atoms with Gasteiger partial charge in [0.25, 0.3) is 0 Å². The molecular weight excluding hydrogens is 314 g/mol. The third-order valence-corrected chi connectivity index (χ3v) is 3.90. The van der Waals surface area contributed by atoms with Crippen LogP contribution in [0.5, 0.6) is 0 Å². The van der Waals surface area contributed by atoms with Crippen molar-refractivity contribution >= 4 is 21.9 Å². The number of hydrogen-bond donors (Lipinski definition) is 5. The Kier molecular flexibility index (Phi) is 4.82. The summed E-state index contributed by atoms with van der Waals surface area (Å²) in [5.41, 5.74) is 5.61.